The van der Waals surface area contributed by atoms with E-state index in [2.05, 4.69) is 19.2 Å². The standard InChI is InChI=1S/C32H35ClFN3O5/c1-18(2)29-11-19-6-7-21(33)12-25(19)26-15-30(38)37(16-20(26)17-42-29)28(14-23-5-3-4-10-41-23)32(40)36-22-8-9-24(31(35)39)27(34)13-22/h6-9,12-13,15-16,18,23,28-29H,3-5,10-11,14,17H2,1-2H3,(H2,35,39)(H,36,40)/t23-,28-,29?/m0/s1. The smallest absolute Gasteiger partial charge is 0.251 e. The minimum Gasteiger partial charge on any atom is -0.378 e. The molecular weight excluding hydrogens is 561 g/mol. The number of primary amides is 1. The second-order valence-corrected chi connectivity index (χ2v) is 11.8. The molecule has 2 aromatic carbocycles. The van der Waals surface area contributed by atoms with E-state index in [1.165, 1.54) is 22.8 Å². The fourth-order valence-electron chi connectivity index (χ4n) is 5.69. The van der Waals surface area contributed by atoms with Crippen molar-refractivity contribution in [3.8, 4) is 11.1 Å². The van der Waals surface area contributed by atoms with Crippen LogP contribution in [0.15, 0.2) is 53.5 Å². The Morgan fingerprint density at radius 2 is 1.88 bits per heavy atom. The van der Waals surface area contributed by atoms with Crippen LogP contribution in [0.25, 0.3) is 11.1 Å². The number of aromatic nitrogens is 1. The number of anilines is 1. The van der Waals surface area contributed by atoms with E-state index in [-0.39, 0.29) is 48.0 Å². The van der Waals surface area contributed by atoms with Gasteiger partial charge in [-0.3, -0.25) is 14.4 Å². The van der Waals surface area contributed by atoms with Crippen molar-refractivity contribution in [3.05, 3.63) is 86.5 Å². The largest absolute Gasteiger partial charge is 0.378 e. The minimum absolute atomic E-state index is 0.0496. The average molecular weight is 596 g/mol. The molecule has 5 rings (SSSR count). The van der Waals surface area contributed by atoms with Gasteiger partial charge in [-0.2, -0.15) is 0 Å². The summed E-state index contributed by atoms with van der Waals surface area (Å²) in [5, 5.41) is 3.28. The maximum absolute atomic E-state index is 14.5. The number of fused-ring (bicyclic) bond motifs is 3. The zero-order valence-electron chi connectivity index (χ0n) is 23.7. The quantitative estimate of drug-likeness (QED) is 0.367. The third-order valence-corrected chi connectivity index (χ3v) is 8.28. The van der Waals surface area contributed by atoms with E-state index in [9.17, 15) is 18.8 Å². The van der Waals surface area contributed by atoms with Crippen molar-refractivity contribution >= 4 is 29.1 Å². The van der Waals surface area contributed by atoms with E-state index in [0.29, 0.717) is 23.6 Å². The number of rotatable bonds is 7. The minimum atomic E-state index is -0.949. The Labute approximate surface area is 249 Å². The van der Waals surface area contributed by atoms with E-state index < -0.39 is 23.7 Å². The maximum Gasteiger partial charge on any atom is 0.251 e. The lowest BCUT2D eigenvalue weighted by molar-refractivity contribution is -0.121. The van der Waals surface area contributed by atoms with Crippen LogP contribution in [-0.4, -0.2) is 35.2 Å². The van der Waals surface area contributed by atoms with Crippen LogP contribution in [-0.2, 0) is 27.3 Å². The topological polar surface area (TPSA) is 113 Å². The van der Waals surface area contributed by atoms with Crippen molar-refractivity contribution in [1.82, 2.24) is 4.57 Å². The summed E-state index contributed by atoms with van der Waals surface area (Å²) in [5.74, 6) is -2.01. The molecule has 1 fully saturated rings. The highest BCUT2D eigenvalue weighted by atomic mass is 35.5. The first-order valence-corrected chi connectivity index (χ1v) is 14.7. The highest BCUT2D eigenvalue weighted by molar-refractivity contribution is 6.30. The van der Waals surface area contributed by atoms with Gasteiger partial charge in [-0.05, 0) is 78.6 Å². The summed E-state index contributed by atoms with van der Waals surface area (Å²) in [6, 6.07) is 9.92. The van der Waals surface area contributed by atoms with Gasteiger partial charge in [-0.15, -0.1) is 0 Å². The van der Waals surface area contributed by atoms with Crippen LogP contribution in [0.2, 0.25) is 5.02 Å². The summed E-state index contributed by atoms with van der Waals surface area (Å²) in [4.78, 5) is 38.9. The van der Waals surface area contributed by atoms with Gasteiger partial charge in [0.15, 0.2) is 0 Å². The molecule has 8 nitrogen and oxygen atoms in total. The molecule has 3 heterocycles. The molecule has 0 spiro atoms. The van der Waals surface area contributed by atoms with Crippen LogP contribution in [0.3, 0.4) is 0 Å². The molecule has 10 heteroatoms. The number of nitrogens with one attached hydrogen (secondary N) is 1. The van der Waals surface area contributed by atoms with Crippen LogP contribution in [0, 0.1) is 11.7 Å². The molecule has 0 bridgehead atoms. The first-order valence-electron chi connectivity index (χ1n) is 14.3. The molecule has 1 saturated heterocycles. The van der Waals surface area contributed by atoms with Gasteiger partial charge in [-0.1, -0.05) is 31.5 Å². The molecule has 2 aliphatic heterocycles. The lowest BCUT2D eigenvalue weighted by Crippen LogP contribution is -2.37. The zero-order valence-corrected chi connectivity index (χ0v) is 24.5. The summed E-state index contributed by atoms with van der Waals surface area (Å²) < 4.78 is 28.1. The Balaban J connectivity index is 1.55. The molecule has 3 atom stereocenters. The zero-order chi connectivity index (χ0) is 30.0. The second kappa shape index (κ2) is 12.8. The fraction of sp³-hybridized carbons (Fsp3) is 0.406. The first kappa shape index (κ1) is 29.9. The molecule has 3 aromatic rings. The number of amides is 2. The predicted molar refractivity (Wildman–Crippen MR) is 159 cm³/mol. The van der Waals surface area contributed by atoms with Crippen LogP contribution >= 0.6 is 11.6 Å². The molecule has 0 saturated carbocycles. The number of halogens is 2. The van der Waals surface area contributed by atoms with Crippen molar-refractivity contribution in [1.29, 1.82) is 0 Å². The number of hydrogen-bond donors (Lipinski definition) is 2. The van der Waals surface area contributed by atoms with Gasteiger partial charge in [0, 0.05) is 41.6 Å². The van der Waals surface area contributed by atoms with Crippen molar-refractivity contribution in [3.63, 3.8) is 0 Å². The fourth-order valence-corrected chi connectivity index (χ4v) is 5.86. The molecular formula is C32H35ClFN3O5. The van der Waals surface area contributed by atoms with Crippen LogP contribution in [0.5, 0.6) is 0 Å². The number of benzene rings is 2. The van der Waals surface area contributed by atoms with E-state index >= 15 is 0 Å². The molecule has 1 aromatic heterocycles. The van der Waals surface area contributed by atoms with E-state index in [1.807, 2.05) is 18.2 Å². The Bertz CT molecular complexity index is 1550. The molecule has 222 valence electrons. The first-order chi connectivity index (χ1) is 20.1. The number of carbonyl (C=O) groups excluding carboxylic acids is 2. The lowest BCUT2D eigenvalue weighted by Gasteiger charge is -2.30. The number of ether oxygens (including phenoxy) is 2. The molecule has 3 N–H and O–H groups in total. The SMILES string of the molecule is CC(C)C1Cc2ccc(Cl)cc2-c2cc(=O)n([C@@H](C[C@@H]3CCCCO3)C(=O)Nc3ccc(C(N)=O)c(F)c3)cc2CO1. The monoisotopic (exact) mass is 595 g/mol. The molecule has 0 radical (unpaired) electrons. The highest BCUT2D eigenvalue weighted by Gasteiger charge is 2.30. The van der Waals surface area contributed by atoms with Crippen molar-refractivity contribution in [2.24, 2.45) is 11.7 Å². The third kappa shape index (κ3) is 6.59. The predicted octanol–water partition coefficient (Wildman–Crippen LogP) is 5.64. The molecule has 42 heavy (non-hydrogen) atoms. The average Bonchev–Trinajstić information content (AvgIpc) is 2.94. The number of pyridine rings is 1. The highest BCUT2D eigenvalue weighted by Crippen LogP contribution is 2.35. The molecule has 0 aliphatic carbocycles. The number of hydrogen-bond acceptors (Lipinski definition) is 5. The molecule has 2 aliphatic rings. The maximum atomic E-state index is 14.5. The molecule has 1 unspecified atom stereocenters. The number of nitrogens with zero attached hydrogens (tertiary/aromatic N) is 1. The Hall–Kier alpha value is -3.53. The van der Waals surface area contributed by atoms with Crippen molar-refractivity contribution in [2.45, 2.75) is 70.8 Å². The van der Waals surface area contributed by atoms with Crippen LogP contribution in [0.1, 0.15) is 67.1 Å². The summed E-state index contributed by atoms with van der Waals surface area (Å²) in [6.07, 6.45) is 5.01. The summed E-state index contributed by atoms with van der Waals surface area (Å²) in [5.41, 5.74) is 8.08. The summed E-state index contributed by atoms with van der Waals surface area (Å²) in [6.45, 7) is 5.04. The lowest BCUT2D eigenvalue weighted by atomic mass is 9.89. The van der Waals surface area contributed by atoms with Crippen molar-refractivity contribution in [2.75, 3.05) is 11.9 Å². The summed E-state index contributed by atoms with van der Waals surface area (Å²) in [7, 11) is 0. The van der Waals surface area contributed by atoms with Gasteiger partial charge in [0.2, 0.25) is 5.91 Å². The Morgan fingerprint density at radius 1 is 1.10 bits per heavy atom. The Kier molecular flexibility index (Phi) is 9.11. The van der Waals surface area contributed by atoms with Crippen molar-refractivity contribution < 1.29 is 23.5 Å². The van der Waals surface area contributed by atoms with Gasteiger partial charge in [0.25, 0.3) is 11.5 Å². The normalized spacial score (nSPS) is 19.3. The van der Waals surface area contributed by atoms with Gasteiger partial charge in [-0.25, -0.2) is 4.39 Å². The Morgan fingerprint density at radius 3 is 2.57 bits per heavy atom. The summed E-state index contributed by atoms with van der Waals surface area (Å²) >= 11 is 6.39. The van der Waals surface area contributed by atoms with Crippen LogP contribution in [0.4, 0.5) is 10.1 Å². The van der Waals surface area contributed by atoms with Gasteiger partial charge < -0.3 is 25.1 Å². The van der Waals surface area contributed by atoms with E-state index in [1.54, 1.807) is 6.20 Å². The number of nitrogens with two attached hydrogens (primary N) is 1. The van der Waals surface area contributed by atoms with Crippen LogP contribution < -0.4 is 16.6 Å². The van der Waals surface area contributed by atoms with Gasteiger partial charge in [0.05, 0.1) is 24.4 Å². The molecule has 2 amide bonds. The second-order valence-electron chi connectivity index (χ2n) is 11.3. The van der Waals surface area contributed by atoms with E-state index in [0.717, 1.165) is 42.0 Å². The third-order valence-electron chi connectivity index (χ3n) is 8.04. The van der Waals surface area contributed by atoms with Gasteiger partial charge >= 0.3 is 0 Å². The van der Waals surface area contributed by atoms with Gasteiger partial charge in [0.1, 0.15) is 11.9 Å². The number of carbonyl (C=O) groups is 2. The van der Waals surface area contributed by atoms with E-state index in [4.69, 9.17) is 26.8 Å².